The van der Waals surface area contributed by atoms with Crippen molar-refractivity contribution in [3.05, 3.63) is 33.8 Å². The zero-order chi connectivity index (χ0) is 10.1. The first-order chi connectivity index (χ1) is 6.70. The molecule has 2 heterocycles. The second kappa shape index (κ2) is 3.59. The van der Waals surface area contributed by atoms with Gasteiger partial charge in [-0.15, -0.1) is 0 Å². The van der Waals surface area contributed by atoms with Crippen LogP contribution < -0.4 is 5.69 Å². The van der Waals surface area contributed by atoms with Crippen molar-refractivity contribution in [2.45, 2.75) is 5.16 Å². The van der Waals surface area contributed by atoms with Crippen LogP contribution in [0.5, 0.6) is 0 Å². The van der Waals surface area contributed by atoms with Gasteiger partial charge in [0.25, 0.3) is 0 Å². The number of aromatic nitrogens is 3. The van der Waals surface area contributed by atoms with E-state index in [1.54, 1.807) is 12.1 Å². The van der Waals surface area contributed by atoms with Crippen LogP contribution in [0.25, 0.3) is 5.65 Å². The fraction of sp³-hybridized carbons (Fsp3) is 0.125. The van der Waals surface area contributed by atoms with Gasteiger partial charge < -0.3 is 0 Å². The normalized spacial score (nSPS) is 10.7. The van der Waals surface area contributed by atoms with E-state index < -0.39 is 0 Å². The molecular formula is C8H6ClN3OS. The van der Waals surface area contributed by atoms with Gasteiger partial charge in [-0.05, 0) is 18.4 Å². The Labute approximate surface area is 89.0 Å². The van der Waals surface area contributed by atoms with Crippen molar-refractivity contribution in [3.63, 3.8) is 0 Å². The van der Waals surface area contributed by atoms with E-state index in [2.05, 4.69) is 9.97 Å². The van der Waals surface area contributed by atoms with Gasteiger partial charge in [-0.2, -0.15) is 4.98 Å². The first kappa shape index (κ1) is 9.48. The maximum absolute atomic E-state index is 11.5. The van der Waals surface area contributed by atoms with Crippen LogP contribution in [0.15, 0.2) is 28.3 Å². The highest BCUT2D eigenvalue weighted by molar-refractivity contribution is 7.98. The molecular weight excluding hydrogens is 222 g/mol. The molecule has 0 aromatic carbocycles. The summed E-state index contributed by atoms with van der Waals surface area (Å²) in [5.74, 6) is 0. The highest BCUT2D eigenvalue weighted by Crippen LogP contribution is 2.10. The summed E-state index contributed by atoms with van der Waals surface area (Å²) in [5.41, 5.74) is 0.195. The van der Waals surface area contributed by atoms with E-state index in [9.17, 15) is 4.79 Å². The molecule has 4 nitrogen and oxygen atoms in total. The van der Waals surface area contributed by atoms with Gasteiger partial charge in [-0.25, -0.2) is 14.2 Å². The molecule has 0 unspecified atom stereocenters. The fourth-order valence-corrected chi connectivity index (χ4v) is 1.58. The molecule has 0 aliphatic carbocycles. The average Bonchev–Trinajstić information content (AvgIpc) is 2.19. The smallest absolute Gasteiger partial charge is 0.250 e. The van der Waals surface area contributed by atoms with Gasteiger partial charge in [0, 0.05) is 6.20 Å². The van der Waals surface area contributed by atoms with Crippen LogP contribution in [0.2, 0.25) is 5.02 Å². The standard InChI is InChI=1S/C8H6ClN3OS/c1-14-7-10-6-3-2-5(9)4-12(6)8(13)11-7/h2-4H,1H3. The highest BCUT2D eigenvalue weighted by atomic mass is 35.5. The van der Waals surface area contributed by atoms with E-state index in [1.165, 1.54) is 22.4 Å². The molecule has 0 fully saturated rings. The predicted octanol–water partition coefficient (Wildman–Crippen LogP) is 1.46. The lowest BCUT2D eigenvalue weighted by molar-refractivity contribution is 0.848. The monoisotopic (exact) mass is 227 g/mol. The van der Waals surface area contributed by atoms with Crippen molar-refractivity contribution in [2.24, 2.45) is 0 Å². The average molecular weight is 228 g/mol. The Morgan fingerprint density at radius 3 is 2.93 bits per heavy atom. The van der Waals surface area contributed by atoms with E-state index >= 15 is 0 Å². The summed E-state index contributed by atoms with van der Waals surface area (Å²) in [6, 6.07) is 3.37. The molecule has 0 spiro atoms. The Morgan fingerprint density at radius 2 is 2.21 bits per heavy atom. The molecule has 14 heavy (non-hydrogen) atoms. The number of hydrogen-bond acceptors (Lipinski definition) is 4. The number of pyridine rings is 1. The molecule has 2 aromatic heterocycles. The summed E-state index contributed by atoms with van der Waals surface area (Å²) in [6.07, 6.45) is 3.32. The number of nitrogens with zero attached hydrogens (tertiary/aromatic N) is 3. The molecule has 0 aliphatic rings. The minimum atomic E-state index is -0.359. The zero-order valence-electron chi connectivity index (χ0n) is 7.27. The topological polar surface area (TPSA) is 47.3 Å². The van der Waals surface area contributed by atoms with Gasteiger partial charge in [0.05, 0.1) is 5.02 Å². The number of halogens is 1. The van der Waals surface area contributed by atoms with Crippen LogP contribution >= 0.6 is 23.4 Å². The van der Waals surface area contributed by atoms with E-state index in [1.807, 2.05) is 6.26 Å². The molecule has 0 saturated heterocycles. The Kier molecular flexibility index (Phi) is 2.43. The number of hydrogen-bond donors (Lipinski definition) is 0. The minimum Gasteiger partial charge on any atom is -0.250 e. The van der Waals surface area contributed by atoms with Gasteiger partial charge in [-0.3, -0.25) is 0 Å². The van der Waals surface area contributed by atoms with Crippen molar-refractivity contribution < 1.29 is 0 Å². The van der Waals surface area contributed by atoms with Crippen LogP contribution in [0, 0.1) is 0 Å². The molecule has 6 heteroatoms. The van der Waals surface area contributed by atoms with Crippen LogP contribution in [0.1, 0.15) is 0 Å². The molecule has 0 N–H and O–H groups in total. The minimum absolute atomic E-state index is 0.359. The van der Waals surface area contributed by atoms with Crippen molar-refractivity contribution in [1.82, 2.24) is 14.4 Å². The second-order valence-corrected chi connectivity index (χ2v) is 3.78. The predicted molar refractivity (Wildman–Crippen MR) is 56.0 cm³/mol. The first-order valence-electron chi connectivity index (χ1n) is 3.80. The van der Waals surface area contributed by atoms with Crippen molar-refractivity contribution in [1.29, 1.82) is 0 Å². The Morgan fingerprint density at radius 1 is 1.43 bits per heavy atom. The molecule has 0 amide bonds. The summed E-state index contributed by atoms with van der Waals surface area (Å²) >= 11 is 7.08. The van der Waals surface area contributed by atoms with Gasteiger partial charge >= 0.3 is 5.69 Å². The molecule has 0 aliphatic heterocycles. The third-order valence-electron chi connectivity index (χ3n) is 1.68. The van der Waals surface area contributed by atoms with E-state index in [0.717, 1.165) is 0 Å². The Balaban J connectivity index is 2.83. The lowest BCUT2D eigenvalue weighted by Crippen LogP contribution is -2.18. The van der Waals surface area contributed by atoms with E-state index in [-0.39, 0.29) is 5.69 Å². The van der Waals surface area contributed by atoms with Gasteiger partial charge in [0.15, 0.2) is 5.16 Å². The van der Waals surface area contributed by atoms with Gasteiger partial charge in [-0.1, -0.05) is 23.4 Å². The number of rotatable bonds is 1. The molecule has 72 valence electrons. The first-order valence-corrected chi connectivity index (χ1v) is 5.41. The maximum Gasteiger partial charge on any atom is 0.355 e. The quantitative estimate of drug-likeness (QED) is 0.693. The maximum atomic E-state index is 11.5. The van der Waals surface area contributed by atoms with Crippen LogP contribution in [0.3, 0.4) is 0 Å². The van der Waals surface area contributed by atoms with E-state index in [0.29, 0.717) is 15.8 Å². The molecule has 0 radical (unpaired) electrons. The van der Waals surface area contributed by atoms with Gasteiger partial charge in [0.1, 0.15) is 5.65 Å². The molecule has 2 rings (SSSR count). The lowest BCUT2D eigenvalue weighted by Gasteiger charge is -2.00. The third kappa shape index (κ3) is 1.60. The Bertz CT molecular complexity index is 540. The summed E-state index contributed by atoms with van der Waals surface area (Å²) in [6.45, 7) is 0. The lowest BCUT2D eigenvalue weighted by atomic mass is 10.5. The summed E-state index contributed by atoms with van der Waals surface area (Å²) in [5, 5.41) is 0.956. The van der Waals surface area contributed by atoms with Crippen molar-refractivity contribution >= 4 is 29.0 Å². The summed E-state index contributed by atoms with van der Waals surface area (Å²) in [7, 11) is 0. The molecule has 0 atom stereocenters. The molecule has 0 bridgehead atoms. The molecule has 0 saturated carbocycles. The summed E-state index contributed by atoms with van der Waals surface area (Å²) in [4.78, 5) is 19.4. The van der Waals surface area contributed by atoms with Crippen molar-refractivity contribution in [3.8, 4) is 0 Å². The van der Waals surface area contributed by atoms with Crippen molar-refractivity contribution in [2.75, 3.05) is 6.26 Å². The largest absolute Gasteiger partial charge is 0.355 e. The van der Waals surface area contributed by atoms with Crippen LogP contribution in [-0.2, 0) is 0 Å². The van der Waals surface area contributed by atoms with Crippen LogP contribution in [-0.4, -0.2) is 20.6 Å². The summed E-state index contributed by atoms with van der Waals surface area (Å²) < 4.78 is 1.32. The van der Waals surface area contributed by atoms with Crippen LogP contribution in [0.4, 0.5) is 0 Å². The zero-order valence-corrected chi connectivity index (χ0v) is 8.84. The number of fused-ring (bicyclic) bond motifs is 1. The second-order valence-electron chi connectivity index (χ2n) is 2.57. The fourth-order valence-electron chi connectivity index (χ4n) is 1.06. The Hall–Kier alpha value is -1.07. The molecule has 2 aromatic rings. The third-order valence-corrected chi connectivity index (χ3v) is 2.45. The van der Waals surface area contributed by atoms with E-state index in [4.69, 9.17) is 11.6 Å². The number of thioether (sulfide) groups is 1. The highest BCUT2D eigenvalue weighted by Gasteiger charge is 2.02. The van der Waals surface area contributed by atoms with Gasteiger partial charge in [0.2, 0.25) is 0 Å². The SMILES string of the molecule is CSc1nc(=O)n2cc(Cl)ccc2n1.